The Balaban J connectivity index is 1.72. The van der Waals surface area contributed by atoms with Gasteiger partial charge in [0.2, 0.25) is 0 Å². The lowest BCUT2D eigenvalue weighted by Crippen LogP contribution is -2.12. The number of aromatic nitrogens is 1. The van der Waals surface area contributed by atoms with Crippen molar-refractivity contribution >= 4 is 34.1 Å². The topological polar surface area (TPSA) is 42.0 Å². The van der Waals surface area contributed by atoms with Crippen LogP contribution in [0.25, 0.3) is 0 Å². The highest BCUT2D eigenvalue weighted by molar-refractivity contribution is 7.99. The van der Waals surface area contributed by atoms with Gasteiger partial charge in [0.25, 0.3) is 5.91 Å². The number of hydrogen-bond acceptors (Lipinski definition) is 4. The fraction of sp³-hybridized carbons (Fsp3) is 0.444. The van der Waals surface area contributed by atoms with Crippen LogP contribution in [-0.2, 0) is 12.8 Å². The number of hydrogen-bond donors (Lipinski definition) is 1. The van der Waals surface area contributed by atoms with Gasteiger partial charge in [0.05, 0.1) is 5.69 Å². The Morgan fingerprint density at radius 3 is 3.04 bits per heavy atom. The van der Waals surface area contributed by atoms with E-state index >= 15 is 0 Å². The number of carbonyl (C=O) groups is 1. The Hall–Kier alpha value is -1.33. The summed E-state index contributed by atoms with van der Waals surface area (Å²) in [4.78, 5) is 19.5. The number of fused-ring (bicyclic) bond motifs is 1. The van der Waals surface area contributed by atoms with Crippen LogP contribution in [0.3, 0.4) is 0 Å². The van der Waals surface area contributed by atoms with E-state index in [0.29, 0.717) is 10.8 Å². The van der Waals surface area contributed by atoms with Gasteiger partial charge in [-0.05, 0) is 43.4 Å². The molecule has 122 valence electrons. The van der Waals surface area contributed by atoms with E-state index in [4.69, 9.17) is 0 Å². The second-order valence-electron chi connectivity index (χ2n) is 6.39. The summed E-state index contributed by atoms with van der Waals surface area (Å²) in [7, 11) is 0. The Morgan fingerprint density at radius 2 is 2.26 bits per heavy atom. The average Bonchev–Trinajstić information content (AvgIpc) is 2.88. The number of rotatable bonds is 4. The maximum absolute atomic E-state index is 12.5. The molecule has 1 aromatic heterocycles. The number of thioether (sulfide) groups is 1. The number of nitrogens with one attached hydrogen (secondary N) is 1. The van der Waals surface area contributed by atoms with Gasteiger partial charge in [0.1, 0.15) is 0 Å². The summed E-state index contributed by atoms with van der Waals surface area (Å²) < 4.78 is 0. The predicted molar refractivity (Wildman–Crippen MR) is 98.7 cm³/mol. The third-order valence-corrected chi connectivity index (χ3v) is 5.91. The lowest BCUT2D eigenvalue weighted by Gasteiger charge is -2.15. The zero-order valence-electron chi connectivity index (χ0n) is 13.8. The molecule has 23 heavy (non-hydrogen) atoms. The summed E-state index contributed by atoms with van der Waals surface area (Å²) in [5, 5.41) is 4.20. The molecular weight excluding hydrogens is 324 g/mol. The molecule has 0 radical (unpaired) electrons. The van der Waals surface area contributed by atoms with Crippen molar-refractivity contribution in [3.8, 4) is 0 Å². The highest BCUT2D eigenvalue weighted by Gasteiger charge is 2.20. The highest BCUT2D eigenvalue weighted by atomic mass is 32.2. The fourth-order valence-electron chi connectivity index (χ4n) is 2.75. The Kier molecular flexibility index (Phi) is 5.07. The molecule has 1 atom stereocenters. The summed E-state index contributed by atoms with van der Waals surface area (Å²) in [6.45, 7) is 6.58. The number of amides is 1. The molecule has 0 saturated heterocycles. The van der Waals surface area contributed by atoms with E-state index in [2.05, 4.69) is 31.1 Å². The third-order valence-electron chi connectivity index (χ3n) is 3.87. The molecule has 1 aliphatic rings. The molecule has 2 aromatic rings. The number of thiazole rings is 1. The van der Waals surface area contributed by atoms with Gasteiger partial charge in [-0.15, -0.1) is 23.1 Å². The number of nitrogens with zero attached hydrogens (tertiary/aromatic N) is 1. The Labute approximate surface area is 145 Å². The molecule has 0 aliphatic heterocycles. The lowest BCUT2D eigenvalue weighted by atomic mass is 9.93. The summed E-state index contributed by atoms with van der Waals surface area (Å²) in [5.74, 6) is 0.645. The van der Waals surface area contributed by atoms with Gasteiger partial charge in [-0.25, -0.2) is 4.98 Å². The van der Waals surface area contributed by atoms with Gasteiger partial charge >= 0.3 is 0 Å². The smallest absolute Gasteiger partial charge is 0.257 e. The summed E-state index contributed by atoms with van der Waals surface area (Å²) >= 11 is 3.39. The zero-order chi connectivity index (χ0) is 16.4. The fourth-order valence-corrected chi connectivity index (χ4v) is 4.81. The largest absolute Gasteiger partial charge is 0.298 e. The minimum Gasteiger partial charge on any atom is -0.298 e. The van der Waals surface area contributed by atoms with Crippen molar-refractivity contribution in [3.05, 3.63) is 40.4 Å². The molecule has 0 bridgehead atoms. The standard InChI is InChI=1S/C18H22N2OS2/c1-11(2)22-14-6-4-5-13(10-14)17(21)20-18-19-15-8-7-12(3)9-16(15)23-18/h4-6,10-12H,7-9H2,1-3H3,(H,19,20,21)/t12-/m1/s1. The van der Waals surface area contributed by atoms with Crippen LogP contribution >= 0.6 is 23.1 Å². The summed E-state index contributed by atoms with van der Waals surface area (Å²) in [5.41, 5.74) is 1.87. The number of benzene rings is 1. The lowest BCUT2D eigenvalue weighted by molar-refractivity contribution is 0.102. The van der Waals surface area contributed by atoms with E-state index in [0.717, 1.165) is 28.8 Å². The maximum atomic E-state index is 12.5. The van der Waals surface area contributed by atoms with Crippen molar-refractivity contribution in [2.24, 2.45) is 5.92 Å². The van der Waals surface area contributed by atoms with Gasteiger partial charge in [-0.3, -0.25) is 10.1 Å². The van der Waals surface area contributed by atoms with Crippen molar-refractivity contribution < 1.29 is 4.79 Å². The van der Waals surface area contributed by atoms with Crippen molar-refractivity contribution in [3.63, 3.8) is 0 Å². The van der Waals surface area contributed by atoms with Gasteiger partial charge in [0.15, 0.2) is 5.13 Å². The van der Waals surface area contributed by atoms with Gasteiger partial charge < -0.3 is 0 Å². The van der Waals surface area contributed by atoms with E-state index in [1.54, 1.807) is 23.1 Å². The van der Waals surface area contributed by atoms with E-state index < -0.39 is 0 Å². The second-order valence-corrected chi connectivity index (χ2v) is 9.12. The minimum atomic E-state index is -0.0737. The first-order valence-corrected chi connectivity index (χ1v) is 9.77. The molecule has 1 amide bonds. The number of carbonyl (C=O) groups excluding carboxylic acids is 1. The number of aryl methyl sites for hydroxylation is 1. The summed E-state index contributed by atoms with van der Waals surface area (Å²) in [6, 6.07) is 7.80. The van der Waals surface area contributed by atoms with Crippen molar-refractivity contribution in [2.45, 2.75) is 50.2 Å². The van der Waals surface area contributed by atoms with Crippen molar-refractivity contribution in [1.82, 2.24) is 4.98 Å². The molecule has 0 saturated carbocycles. The molecule has 0 unspecified atom stereocenters. The minimum absolute atomic E-state index is 0.0737. The molecule has 1 N–H and O–H groups in total. The quantitative estimate of drug-likeness (QED) is 0.790. The molecule has 3 nitrogen and oxygen atoms in total. The van der Waals surface area contributed by atoms with Crippen LogP contribution < -0.4 is 5.32 Å². The van der Waals surface area contributed by atoms with Crippen LogP contribution in [0.5, 0.6) is 0 Å². The molecular formula is C18H22N2OS2. The van der Waals surface area contributed by atoms with E-state index in [1.807, 2.05) is 24.3 Å². The highest BCUT2D eigenvalue weighted by Crippen LogP contribution is 2.32. The monoisotopic (exact) mass is 346 g/mol. The zero-order valence-corrected chi connectivity index (χ0v) is 15.4. The van der Waals surface area contributed by atoms with Gasteiger partial charge in [-0.1, -0.05) is 26.8 Å². The van der Waals surface area contributed by atoms with Crippen LogP contribution in [0, 0.1) is 5.92 Å². The first-order valence-electron chi connectivity index (χ1n) is 8.08. The first kappa shape index (κ1) is 16.5. The normalized spacial score (nSPS) is 17.1. The SMILES string of the molecule is CC(C)Sc1cccc(C(=O)Nc2nc3c(s2)C[C@H](C)CC3)c1. The molecule has 1 aliphatic carbocycles. The third kappa shape index (κ3) is 4.15. The van der Waals surface area contributed by atoms with E-state index in [1.165, 1.54) is 17.0 Å². The van der Waals surface area contributed by atoms with Crippen LogP contribution in [0.2, 0.25) is 0 Å². The summed E-state index contributed by atoms with van der Waals surface area (Å²) in [6.07, 6.45) is 3.31. The number of anilines is 1. The van der Waals surface area contributed by atoms with Gasteiger partial charge in [-0.2, -0.15) is 0 Å². The van der Waals surface area contributed by atoms with Crippen LogP contribution in [-0.4, -0.2) is 16.1 Å². The molecule has 0 fully saturated rings. The van der Waals surface area contributed by atoms with E-state index in [-0.39, 0.29) is 5.91 Å². The van der Waals surface area contributed by atoms with E-state index in [9.17, 15) is 4.79 Å². The van der Waals surface area contributed by atoms with Crippen LogP contribution in [0.4, 0.5) is 5.13 Å². The molecule has 3 rings (SSSR count). The molecule has 1 heterocycles. The van der Waals surface area contributed by atoms with Crippen molar-refractivity contribution in [1.29, 1.82) is 0 Å². The van der Waals surface area contributed by atoms with Gasteiger partial charge in [0, 0.05) is 20.6 Å². The predicted octanol–water partition coefficient (Wildman–Crippen LogP) is 5.02. The molecule has 1 aromatic carbocycles. The second kappa shape index (κ2) is 7.05. The van der Waals surface area contributed by atoms with Crippen LogP contribution in [0.15, 0.2) is 29.2 Å². The Bertz CT molecular complexity index is 709. The molecule has 5 heteroatoms. The average molecular weight is 347 g/mol. The maximum Gasteiger partial charge on any atom is 0.257 e. The first-order chi connectivity index (χ1) is 11.0. The molecule has 0 spiro atoms. The van der Waals surface area contributed by atoms with Crippen molar-refractivity contribution in [2.75, 3.05) is 5.32 Å². The Morgan fingerprint density at radius 1 is 1.43 bits per heavy atom. The van der Waals surface area contributed by atoms with Crippen LogP contribution in [0.1, 0.15) is 48.1 Å².